The van der Waals surface area contributed by atoms with Gasteiger partial charge in [0, 0.05) is 5.92 Å². The largest absolute Gasteiger partial charge is 0.416 e. The molecule has 0 aromatic heterocycles. The second-order valence-corrected chi connectivity index (χ2v) is 3.49. The maximum atomic E-state index is 12.3. The van der Waals surface area contributed by atoms with Crippen molar-refractivity contribution in [1.82, 2.24) is 0 Å². The van der Waals surface area contributed by atoms with E-state index in [1.54, 1.807) is 13.8 Å². The van der Waals surface area contributed by atoms with E-state index in [4.69, 9.17) is 0 Å². The van der Waals surface area contributed by atoms with Crippen LogP contribution in [0.25, 0.3) is 0 Å². The lowest BCUT2D eigenvalue weighted by atomic mass is 9.96. The molecule has 0 N–H and O–H groups in total. The van der Waals surface area contributed by atoms with E-state index in [9.17, 15) is 18.0 Å². The lowest BCUT2D eigenvalue weighted by Crippen LogP contribution is -2.07. The van der Waals surface area contributed by atoms with Crippen molar-refractivity contribution in [2.75, 3.05) is 0 Å². The summed E-state index contributed by atoms with van der Waals surface area (Å²) in [5.74, 6) is -0.368. The van der Waals surface area contributed by atoms with Crippen LogP contribution in [0.1, 0.15) is 29.5 Å². The molecule has 0 radical (unpaired) electrons. The number of carbonyl (C=O) groups excluding carboxylic acids is 1. The molecule has 1 rings (SSSR count). The Labute approximate surface area is 85.9 Å². The second kappa shape index (κ2) is 4.04. The van der Waals surface area contributed by atoms with Crippen LogP contribution in [0.2, 0.25) is 0 Å². The number of alkyl halides is 3. The van der Waals surface area contributed by atoms with Crippen LogP contribution < -0.4 is 0 Å². The summed E-state index contributed by atoms with van der Waals surface area (Å²) in [7, 11) is 0. The van der Waals surface area contributed by atoms with Gasteiger partial charge in [0.25, 0.3) is 0 Å². The minimum Gasteiger partial charge on any atom is -0.303 e. The molecule has 0 fully saturated rings. The number of hydrogen-bond donors (Lipinski definition) is 0. The Morgan fingerprint density at radius 2 is 1.93 bits per heavy atom. The van der Waals surface area contributed by atoms with Gasteiger partial charge in [0.05, 0.1) is 5.56 Å². The molecule has 1 nitrogen and oxygen atoms in total. The maximum Gasteiger partial charge on any atom is 0.416 e. The molecule has 0 heterocycles. The Morgan fingerprint density at radius 3 is 2.33 bits per heavy atom. The number of rotatable bonds is 2. The first-order valence-corrected chi connectivity index (χ1v) is 4.49. The van der Waals surface area contributed by atoms with Gasteiger partial charge in [0.15, 0.2) is 0 Å². The smallest absolute Gasteiger partial charge is 0.303 e. The van der Waals surface area contributed by atoms with E-state index >= 15 is 0 Å². The Hall–Kier alpha value is -1.32. The van der Waals surface area contributed by atoms with Crippen LogP contribution >= 0.6 is 0 Å². The summed E-state index contributed by atoms with van der Waals surface area (Å²) >= 11 is 0. The molecule has 0 spiro atoms. The minimum absolute atomic E-state index is 0.368. The molecular formula is C11H11F3O. The molecule has 0 amide bonds. The van der Waals surface area contributed by atoms with Gasteiger partial charge in [-0.3, -0.25) is 0 Å². The van der Waals surface area contributed by atoms with Crippen molar-refractivity contribution in [3.63, 3.8) is 0 Å². The predicted molar refractivity (Wildman–Crippen MR) is 50.7 cm³/mol. The third kappa shape index (κ3) is 2.58. The van der Waals surface area contributed by atoms with Gasteiger partial charge in [-0.15, -0.1) is 0 Å². The average molecular weight is 216 g/mol. The number of aldehydes is 1. The maximum absolute atomic E-state index is 12.3. The fourth-order valence-corrected chi connectivity index (χ4v) is 1.44. The van der Waals surface area contributed by atoms with E-state index in [2.05, 4.69) is 0 Å². The summed E-state index contributed by atoms with van der Waals surface area (Å²) < 4.78 is 36.9. The summed E-state index contributed by atoms with van der Waals surface area (Å²) in [6, 6.07) is 3.43. The van der Waals surface area contributed by atoms with Crippen LogP contribution in [-0.2, 0) is 11.0 Å². The van der Waals surface area contributed by atoms with Gasteiger partial charge in [-0.2, -0.15) is 13.2 Å². The number of aryl methyl sites for hydroxylation is 1. The van der Waals surface area contributed by atoms with E-state index in [1.165, 1.54) is 6.07 Å². The van der Waals surface area contributed by atoms with Crippen molar-refractivity contribution in [2.24, 2.45) is 0 Å². The monoisotopic (exact) mass is 216 g/mol. The van der Waals surface area contributed by atoms with Crippen molar-refractivity contribution in [2.45, 2.75) is 25.9 Å². The van der Waals surface area contributed by atoms with E-state index in [1.807, 2.05) is 0 Å². The summed E-state index contributed by atoms with van der Waals surface area (Å²) in [6.07, 6.45) is -3.61. The first kappa shape index (κ1) is 11.8. The van der Waals surface area contributed by atoms with Crippen LogP contribution in [0.3, 0.4) is 0 Å². The standard InChI is InChI=1S/C11H11F3O/c1-7-5-9(11(12,13)14)3-4-10(7)8(2)6-15/h3-6,8H,1-2H3. The molecule has 0 saturated heterocycles. The highest BCUT2D eigenvalue weighted by atomic mass is 19.4. The third-order valence-corrected chi connectivity index (χ3v) is 2.29. The predicted octanol–water partition coefficient (Wildman–Crippen LogP) is 3.32. The number of benzene rings is 1. The minimum atomic E-state index is -4.33. The number of halogens is 3. The van der Waals surface area contributed by atoms with E-state index in [0.29, 0.717) is 11.1 Å². The zero-order chi connectivity index (χ0) is 11.6. The Morgan fingerprint density at radius 1 is 1.33 bits per heavy atom. The summed E-state index contributed by atoms with van der Waals surface area (Å²) in [5.41, 5.74) is 0.448. The Bertz CT molecular complexity index is 369. The van der Waals surface area contributed by atoms with Crippen molar-refractivity contribution in [3.05, 3.63) is 34.9 Å². The fourth-order valence-electron chi connectivity index (χ4n) is 1.44. The zero-order valence-electron chi connectivity index (χ0n) is 8.43. The molecule has 0 aliphatic heterocycles. The first-order valence-electron chi connectivity index (χ1n) is 4.49. The molecule has 82 valence electrons. The number of hydrogen-bond acceptors (Lipinski definition) is 1. The van der Waals surface area contributed by atoms with Gasteiger partial charge in [0.2, 0.25) is 0 Å². The molecule has 1 atom stereocenters. The van der Waals surface area contributed by atoms with Crippen LogP contribution in [-0.4, -0.2) is 6.29 Å². The molecule has 0 aliphatic carbocycles. The molecule has 1 aromatic carbocycles. The number of carbonyl (C=O) groups is 1. The van der Waals surface area contributed by atoms with Crippen molar-refractivity contribution in [1.29, 1.82) is 0 Å². The van der Waals surface area contributed by atoms with Gasteiger partial charge < -0.3 is 4.79 Å². The Balaban J connectivity index is 3.14. The summed E-state index contributed by atoms with van der Waals surface area (Å²) in [6.45, 7) is 3.23. The SMILES string of the molecule is Cc1cc(C(F)(F)F)ccc1C(C)C=O. The summed E-state index contributed by atoms with van der Waals surface area (Å²) in [5, 5.41) is 0. The van der Waals surface area contributed by atoms with E-state index < -0.39 is 11.7 Å². The molecule has 4 heteroatoms. The third-order valence-electron chi connectivity index (χ3n) is 2.29. The van der Waals surface area contributed by atoms with Gasteiger partial charge in [-0.05, 0) is 30.2 Å². The van der Waals surface area contributed by atoms with E-state index in [0.717, 1.165) is 18.4 Å². The zero-order valence-corrected chi connectivity index (χ0v) is 8.43. The second-order valence-electron chi connectivity index (χ2n) is 3.49. The highest BCUT2D eigenvalue weighted by Crippen LogP contribution is 2.31. The fraction of sp³-hybridized carbons (Fsp3) is 0.364. The van der Waals surface area contributed by atoms with Crippen molar-refractivity contribution < 1.29 is 18.0 Å². The topological polar surface area (TPSA) is 17.1 Å². The van der Waals surface area contributed by atoms with Gasteiger partial charge in [-0.25, -0.2) is 0 Å². The highest BCUT2D eigenvalue weighted by Gasteiger charge is 2.30. The van der Waals surface area contributed by atoms with E-state index in [-0.39, 0.29) is 5.92 Å². The van der Waals surface area contributed by atoms with Crippen LogP contribution in [0.4, 0.5) is 13.2 Å². The van der Waals surface area contributed by atoms with Crippen molar-refractivity contribution >= 4 is 6.29 Å². The first-order chi connectivity index (χ1) is 6.86. The van der Waals surface area contributed by atoms with Crippen molar-refractivity contribution in [3.8, 4) is 0 Å². The molecule has 1 unspecified atom stereocenters. The molecule has 0 saturated carbocycles. The van der Waals surface area contributed by atoms with Gasteiger partial charge >= 0.3 is 6.18 Å². The Kier molecular flexibility index (Phi) is 3.17. The lowest BCUT2D eigenvalue weighted by Gasteiger charge is -2.12. The van der Waals surface area contributed by atoms with Crippen LogP contribution in [0, 0.1) is 6.92 Å². The lowest BCUT2D eigenvalue weighted by molar-refractivity contribution is -0.137. The van der Waals surface area contributed by atoms with Crippen LogP contribution in [0.15, 0.2) is 18.2 Å². The molecule has 15 heavy (non-hydrogen) atoms. The molecule has 0 aliphatic rings. The molecule has 0 bridgehead atoms. The highest BCUT2D eigenvalue weighted by molar-refractivity contribution is 5.62. The van der Waals surface area contributed by atoms with Gasteiger partial charge in [-0.1, -0.05) is 13.0 Å². The average Bonchev–Trinajstić information content (AvgIpc) is 2.15. The summed E-state index contributed by atoms with van der Waals surface area (Å²) in [4.78, 5) is 10.5. The normalized spacial score (nSPS) is 13.7. The van der Waals surface area contributed by atoms with Crippen LogP contribution in [0.5, 0.6) is 0 Å². The molecule has 1 aromatic rings. The quantitative estimate of drug-likeness (QED) is 0.693. The molecular weight excluding hydrogens is 205 g/mol. The van der Waals surface area contributed by atoms with Gasteiger partial charge in [0.1, 0.15) is 6.29 Å².